The summed E-state index contributed by atoms with van der Waals surface area (Å²) in [5, 5.41) is 7.64. The van der Waals surface area contributed by atoms with Crippen LogP contribution in [-0.2, 0) is 22.4 Å². The molecule has 0 spiro atoms. The normalized spacial score (nSPS) is 18.1. The van der Waals surface area contributed by atoms with Crippen molar-refractivity contribution >= 4 is 33.7 Å². The summed E-state index contributed by atoms with van der Waals surface area (Å²) in [6.07, 6.45) is -0.218. The number of aromatic nitrogens is 2. The van der Waals surface area contributed by atoms with Crippen molar-refractivity contribution in [3.63, 3.8) is 0 Å². The predicted molar refractivity (Wildman–Crippen MR) is 145 cm³/mol. The molecule has 7 nitrogen and oxygen atoms in total. The van der Waals surface area contributed by atoms with Gasteiger partial charge in [0.05, 0.1) is 15.4 Å². The largest absolute Gasteiger partial charge is 0.417 e. The number of nitrogens with zero attached hydrogens (tertiary/aromatic N) is 4. The van der Waals surface area contributed by atoms with Crippen molar-refractivity contribution in [1.82, 2.24) is 14.5 Å². The summed E-state index contributed by atoms with van der Waals surface area (Å²) in [4.78, 5) is 37.8. The van der Waals surface area contributed by atoms with E-state index in [0.717, 1.165) is 48.6 Å². The molecule has 0 saturated carbocycles. The topological polar surface area (TPSA) is 76.8 Å². The molecule has 0 bridgehead atoms. The maximum Gasteiger partial charge on any atom is 0.417 e. The van der Waals surface area contributed by atoms with E-state index >= 15 is 0 Å². The summed E-state index contributed by atoms with van der Waals surface area (Å²) in [5.74, 6) is -0.215. The van der Waals surface area contributed by atoms with Crippen LogP contribution in [0.5, 0.6) is 0 Å². The Balaban J connectivity index is 1.06. The van der Waals surface area contributed by atoms with Gasteiger partial charge in [-0.3, -0.25) is 9.59 Å². The molecule has 4 heterocycles. The Morgan fingerprint density at radius 3 is 2.62 bits per heavy atom. The number of likely N-dealkylation sites (tertiary alicyclic amines) is 1. The first-order chi connectivity index (χ1) is 19.3. The standard InChI is InChI=1S/C29H25F3N4O3S/c30-29(31,32)20-8-9-26(37)36(16-20)17-27(38)35-12-10-19(11-13-35)28-33-15-25(40-28)23-14-24(39-34-23)22-7-3-5-18-4-1-2-6-21(18)22/h1-9,15-16,19,24H,10-14,17H2. The highest BCUT2D eigenvalue weighted by molar-refractivity contribution is 7.13. The maximum absolute atomic E-state index is 13.0. The van der Waals surface area contributed by atoms with Gasteiger partial charge in [-0.15, -0.1) is 11.3 Å². The molecule has 11 heteroatoms. The number of carbonyl (C=O) groups is 1. The average Bonchev–Trinajstić information content (AvgIpc) is 3.64. The third kappa shape index (κ3) is 5.25. The van der Waals surface area contributed by atoms with Gasteiger partial charge in [-0.2, -0.15) is 13.2 Å². The lowest BCUT2D eigenvalue weighted by Gasteiger charge is -2.31. The number of hydrogen-bond acceptors (Lipinski definition) is 6. The second-order valence-corrected chi connectivity index (χ2v) is 11.1. The van der Waals surface area contributed by atoms with Crippen molar-refractivity contribution in [1.29, 1.82) is 0 Å². The Morgan fingerprint density at radius 2 is 1.82 bits per heavy atom. The first kappa shape index (κ1) is 26.2. The zero-order valence-electron chi connectivity index (χ0n) is 21.3. The number of benzene rings is 2. The summed E-state index contributed by atoms with van der Waals surface area (Å²) < 4.78 is 39.9. The number of hydrogen-bond donors (Lipinski definition) is 0. The minimum absolute atomic E-state index is 0.162. The molecule has 1 unspecified atom stereocenters. The highest BCUT2D eigenvalue weighted by Gasteiger charge is 2.32. The molecule has 6 rings (SSSR count). The lowest BCUT2D eigenvalue weighted by atomic mass is 9.97. The third-order valence-corrected chi connectivity index (χ3v) is 8.67. The van der Waals surface area contributed by atoms with E-state index in [-0.39, 0.29) is 17.9 Å². The first-order valence-corrected chi connectivity index (χ1v) is 13.8. The van der Waals surface area contributed by atoms with Gasteiger partial charge in [0, 0.05) is 49.5 Å². The zero-order chi connectivity index (χ0) is 27.9. The van der Waals surface area contributed by atoms with Crippen LogP contribution in [0.2, 0.25) is 0 Å². The van der Waals surface area contributed by atoms with Crippen LogP contribution in [0.4, 0.5) is 13.2 Å². The van der Waals surface area contributed by atoms with Gasteiger partial charge in [0.25, 0.3) is 5.56 Å². The number of thiazole rings is 1. The van der Waals surface area contributed by atoms with Gasteiger partial charge < -0.3 is 14.3 Å². The van der Waals surface area contributed by atoms with Crippen LogP contribution in [0.1, 0.15) is 52.3 Å². The fourth-order valence-electron chi connectivity index (χ4n) is 5.27. The van der Waals surface area contributed by atoms with Gasteiger partial charge in [0.15, 0.2) is 6.10 Å². The fourth-order valence-corrected chi connectivity index (χ4v) is 6.35. The molecule has 0 aliphatic carbocycles. The van der Waals surface area contributed by atoms with Gasteiger partial charge in [0.2, 0.25) is 5.91 Å². The van der Waals surface area contributed by atoms with Gasteiger partial charge in [-0.25, -0.2) is 4.98 Å². The molecule has 2 aliphatic heterocycles. The first-order valence-electron chi connectivity index (χ1n) is 13.0. The van der Waals surface area contributed by atoms with E-state index < -0.39 is 23.8 Å². The summed E-state index contributed by atoms with van der Waals surface area (Å²) in [6, 6.07) is 15.9. The summed E-state index contributed by atoms with van der Waals surface area (Å²) >= 11 is 1.58. The average molecular weight is 567 g/mol. The number of piperidine rings is 1. The Labute approximate surface area is 231 Å². The van der Waals surface area contributed by atoms with Gasteiger partial charge in [0.1, 0.15) is 12.3 Å². The molecule has 0 radical (unpaired) electrons. The predicted octanol–water partition coefficient (Wildman–Crippen LogP) is 5.75. The van der Waals surface area contributed by atoms with Crippen molar-refractivity contribution in [2.75, 3.05) is 13.1 Å². The van der Waals surface area contributed by atoms with E-state index in [0.29, 0.717) is 38.5 Å². The molecule has 1 atom stereocenters. The van der Waals surface area contributed by atoms with E-state index in [4.69, 9.17) is 4.84 Å². The van der Waals surface area contributed by atoms with Crippen LogP contribution in [0.25, 0.3) is 10.8 Å². The van der Waals surface area contributed by atoms with E-state index in [1.54, 1.807) is 16.2 Å². The molecule has 206 valence electrons. The number of rotatable bonds is 5. The summed E-state index contributed by atoms with van der Waals surface area (Å²) in [7, 11) is 0. The number of alkyl halides is 3. The van der Waals surface area contributed by atoms with Crippen molar-refractivity contribution in [3.05, 3.63) is 98.4 Å². The lowest BCUT2D eigenvalue weighted by Crippen LogP contribution is -2.41. The Bertz CT molecular complexity index is 1650. The zero-order valence-corrected chi connectivity index (χ0v) is 22.1. The highest BCUT2D eigenvalue weighted by Crippen LogP contribution is 2.37. The number of carbonyl (C=O) groups excluding carboxylic acids is 1. The van der Waals surface area contributed by atoms with Gasteiger partial charge in [-0.05, 0) is 29.7 Å². The molecule has 1 fully saturated rings. The van der Waals surface area contributed by atoms with Crippen molar-refractivity contribution in [2.24, 2.45) is 5.16 Å². The van der Waals surface area contributed by atoms with E-state index in [2.05, 4.69) is 34.4 Å². The third-order valence-electron chi connectivity index (χ3n) is 7.46. The molecular formula is C29H25F3N4O3S. The SMILES string of the molecule is O=C(Cn1cc(C(F)(F)F)ccc1=O)N1CCC(c2ncc(C3=NOC(c4cccc5ccccc45)C3)s2)CC1. The number of amides is 1. The Kier molecular flexibility index (Phi) is 6.91. The minimum Gasteiger partial charge on any atom is -0.387 e. The summed E-state index contributed by atoms with van der Waals surface area (Å²) in [6.45, 7) is 0.463. The van der Waals surface area contributed by atoms with Crippen LogP contribution >= 0.6 is 11.3 Å². The van der Waals surface area contributed by atoms with Crippen LogP contribution in [0.3, 0.4) is 0 Å². The molecule has 2 aliphatic rings. The van der Waals surface area contributed by atoms with Crippen LogP contribution in [0.15, 0.2) is 76.9 Å². The van der Waals surface area contributed by atoms with Crippen LogP contribution in [0, 0.1) is 0 Å². The van der Waals surface area contributed by atoms with Crippen molar-refractivity contribution in [3.8, 4) is 0 Å². The molecular weight excluding hydrogens is 541 g/mol. The summed E-state index contributed by atoms with van der Waals surface area (Å²) in [5.41, 5.74) is 0.360. The van der Waals surface area contributed by atoms with E-state index in [1.165, 1.54) is 0 Å². The van der Waals surface area contributed by atoms with E-state index in [9.17, 15) is 22.8 Å². The molecule has 1 saturated heterocycles. The molecule has 0 N–H and O–H groups in total. The second kappa shape index (κ2) is 10.5. The fraction of sp³-hybridized carbons (Fsp3) is 0.310. The monoisotopic (exact) mass is 566 g/mol. The smallest absolute Gasteiger partial charge is 0.387 e. The molecule has 1 amide bonds. The number of oxime groups is 1. The Morgan fingerprint density at radius 1 is 1.05 bits per heavy atom. The van der Waals surface area contributed by atoms with E-state index in [1.807, 2.05) is 24.4 Å². The van der Waals surface area contributed by atoms with Crippen LogP contribution < -0.4 is 5.56 Å². The Hall–Kier alpha value is -3.99. The van der Waals surface area contributed by atoms with Gasteiger partial charge >= 0.3 is 6.18 Å². The second-order valence-electron chi connectivity index (χ2n) is 10.0. The number of fused-ring (bicyclic) bond motifs is 1. The van der Waals surface area contributed by atoms with Crippen molar-refractivity contribution in [2.45, 2.75) is 44.0 Å². The molecule has 2 aromatic carbocycles. The van der Waals surface area contributed by atoms with Crippen LogP contribution in [-0.4, -0.2) is 39.2 Å². The van der Waals surface area contributed by atoms with Gasteiger partial charge in [-0.1, -0.05) is 47.6 Å². The quantitative estimate of drug-likeness (QED) is 0.308. The number of halogens is 3. The lowest BCUT2D eigenvalue weighted by molar-refractivity contribution is -0.139. The van der Waals surface area contributed by atoms with Crippen molar-refractivity contribution < 1.29 is 22.8 Å². The molecule has 4 aromatic rings. The molecule has 40 heavy (non-hydrogen) atoms. The number of pyridine rings is 1. The minimum atomic E-state index is -4.59. The molecule has 2 aromatic heterocycles. The highest BCUT2D eigenvalue weighted by atomic mass is 32.1. The maximum atomic E-state index is 13.0.